The summed E-state index contributed by atoms with van der Waals surface area (Å²) < 4.78 is 5.43. The van der Waals surface area contributed by atoms with Gasteiger partial charge in [-0.15, -0.1) is 12.4 Å². The molecule has 0 aliphatic carbocycles. The van der Waals surface area contributed by atoms with Crippen LogP contribution in [0, 0.1) is 0 Å². The fourth-order valence-corrected chi connectivity index (χ4v) is 1.83. The second-order valence-corrected chi connectivity index (χ2v) is 4.91. The van der Waals surface area contributed by atoms with E-state index in [0.717, 1.165) is 31.4 Å². The van der Waals surface area contributed by atoms with E-state index in [4.69, 9.17) is 10.5 Å². The Morgan fingerprint density at radius 3 is 2.57 bits per heavy atom. The lowest BCUT2D eigenvalue weighted by Gasteiger charge is -2.12. The molecule has 0 saturated heterocycles. The quantitative estimate of drug-likeness (QED) is 0.651. The van der Waals surface area contributed by atoms with Crippen LogP contribution in [-0.2, 0) is 16.0 Å². The van der Waals surface area contributed by atoms with Crippen LogP contribution in [0.15, 0.2) is 30.3 Å². The Morgan fingerprint density at radius 2 is 1.90 bits per heavy atom. The van der Waals surface area contributed by atoms with Crippen LogP contribution in [0.25, 0.3) is 0 Å². The predicted molar refractivity (Wildman–Crippen MR) is 88.7 cm³/mol. The second-order valence-electron chi connectivity index (χ2n) is 4.91. The maximum Gasteiger partial charge on any atom is 0.237 e. The van der Waals surface area contributed by atoms with Gasteiger partial charge in [0.05, 0.1) is 6.04 Å². The smallest absolute Gasteiger partial charge is 0.237 e. The van der Waals surface area contributed by atoms with Gasteiger partial charge in [-0.1, -0.05) is 43.7 Å². The lowest BCUT2D eigenvalue weighted by Crippen LogP contribution is -2.42. The molecule has 0 aliphatic heterocycles. The van der Waals surface area contributed by atoms with Crippen LogP contribution >= 0.6 is 12.4 Å². The van der Waals surface area contributed by atoms with Gasteiger partial charge in [0.1, 0.15) is 0 Å². The van der Waals surface area contributed by atoms with Crippen molar-refractivity contribution in [1.82, 2.24) is 5.32 Å². The minimum Gasteiger partial charge on any atom is -0.381 e. The molecule has 0 heterocycles. The van der Waals surface area contributed by atoms with E-state index in [0.29, 0.717) is 19.6 Å². The average molecular weight is 315 g/mol. The molecular formula is C16H27ClN2O2. The van der Waals surface area contributed by atoms with E-state index in [1.54, 1.807) is 0 Å². The number of ether oxygens (including phenoxy) is 1. The Kier molecular flexibility index (Phi) is 12.0. The number of halogens is 1. The highest BCUT2D eigenvalue weighted by atomic mass is 35.5. The summed E-state index contributed by atoms with van der Waals surface area (Å²) in [6, 6.07) is 9.33. The van der Waals surface area contributed by atoms with E-state index in [1.165, 1.54) is 0 Å². The summed E-state index contributed by atoms with van der Waals surface area (Å²) in [7, 11) is 0. The molecule has 3 N–H and O–H groups in total. The number of benzene rings is 1. The number of amides is 1. The molecule has 1 atom stereocenters. The van der Waals surface area contributed by atoms with Gasteiger partial charge in [0.2, 0.25) is 5.91 Å². The SMILES string of the molecule is CCCCOCCCNC(=O)C(N)Cc1ccccc1.Cl. The Balaban J connectivity index is 0.00000400. The predicted octanol–water partition coefficient (Wildman–Crippen LogP) is 2.30. The number of carbonyl (C=O) groups is 1. The Hall–Kier alpha value is -1.10. The van der Waals surface area contributed by atoms with Crippen molar-refractivity contribution < 1.29 is 9.53 Å². The fraction of sp³-hybridized carbons (Fsp3) is 0.562. The summed E-state index contributed by atoms with van der Waals surface area (Å²) in [5.74, 6) is -0.0950. The monoisotopic (exact) mass is 314 g/mol. The Labute approximate surface area is 133 Å². The molecule has 5 heteroatoms. The molecule has 1 aromatic carbocycles. The number of hydrogen-bond acceptors (Lipinski definition) is 3. The molecule has 120 valence electrons. The minimum atomic E-state index is -0.488. The average Bonchev–Trinajstić information content (AvgIpc) is 2.47. The van der Waals surface area contributed by atoms with Crippen LogP contribution in [0.3, 0.4) is 0 Å². The molecule has 0 aliphatic rings. The van der Waals surface area contributed by atoms with Crippen LogP contribution in [0.1, 0.15) is 31.7 Å². The lowest BCUT2D eigenvalue weighted by molar-refractivity contribution is -0.122. The summed E-state index contributed by atoms with van der Waals surface area (Å²) in [5.41, 5.74) is 6.97. The maximum atomic E-state index is 11.8. The first-order valence-corrected chi connectivity index (χ1v) is 7.39. The molecule has 1 amide bonds. The topological polar surface area (TPSA) is 64.3 Å². The van der Waals surface area contributed by atoms with Crippen molar-refractivity contribution in [3.05, 3.63) is 35.9 Å². The van der Waals surface area contributed by atoms with E-state index in [1.807, 2.05) is 30.3 Å². The van der Waals surface area contributed by atoms with E-state index in [2.05, 4.69) is 12.2 Å². The van der Waals surface area contributed by atoms with E-state index in [-0.39, 0.29) is 18.3 Å². The Morgan fingerprint density at radius 1 is 1.24 bits per heavy atom. The van der Waals surface area contributed by atoms with Gasteiger partial charge in [-0.3, -0.25) is 4.79 Å². The van der Waals surface area contributed by atoms with Crippen molar-refractivity contribution in [1.29, 1.82) is 0 Å². The van der Waals surface area contributed by atoms with E-state index >= 15 is 0 Å². The standard InChI is InChI=1S/C16H26N2O2.ClH/c1-2-3-11-20-12-7-10-18-16(19)15(17)13-14-8-5-4-6-9-14;/h4-6,8-9,15H,2-3,7,10-13,17H2,1H3,(H,18,19);1H. The van der Waals surface area contributed by atoms with Gasteiger partial charge in [0.15, 0.2) is 0 Å². The molecule has 0 bridgehead atoms. The van der Waals surface area contributed by atoms with Gasteiger partial charge in [0.25, 0.3) is 0 Å². The van der Waals surface area contributed by atoms with Crippen LogP contribution in [0.2, 0.25) is 0 Å². The van der Waals surface area contributed by atoms with Gasteiger partial charge < -0.3 is 15.8 Å². The third-order valence-electron chi connectivity index (χ3n) is 3.04. The normalized spacial score (nSPS) is 11.5. The van der Waals surface area contributed by atoms with Gasteiger partial charge in [-0.2, -0.15) is 0 Å². The Bertz CT molecular complexity index is 374. The van der Waals surface area contributed by atoms with Gasteiger partial charge in [0, 0.05) is 19.8 Å². The molecule has 1 rings (SSSR count). The summed E-state index contributed by atoms with van der Waals surface area (Å²) in [6.07, 6.45) is 3.63. The van der Waals surface area contributed by atoms with Crippen LogP contribution in [0.5, 0.6) is 0 Å². The molecule has 0 aromatic heterocycles. The van der Waals surface area contributed by atoms with Gasteiger partial charge in [-0.25, -0.2) is 0 Å². The first-order chi connectivity index (χ1) is 9.74. The van der Waals surface area contributed by atoms with Crippen LogP contribution in [-0.4, -0.2) is 31.7 Å². The lowest BCUT2D eigenvalue weighted by atomic mass is 10.1. The molecule has 0 spiro atoms. The zero-order valence-corrected chi connectivity index (χ0v) is 13.5. The van der Waals surface area contributed by atoms with Crippen LogP contribution in [0.4, 0.5) is 0 Å². The molecule has 1 unspecified atom stereocenters. The third-order valence-corrected chi connectivity index (χ3v) is 3.04. The minimum absolute atomic E-state index is 0. The largest absolute Gasteiger partial charge is 0.381 e. The van der Waals surface area contributed by atoms with Crippen molar-refractivity contribution in [2.24, 2.45) is 5.73 Å². The maximum absolute atomic E-state index is 11.8. The molecule has 0 saturated carbocycles. The van der Waals surface area contributed by atoms with E-state index in [9.17, 15) is 4.79 Å². The first kappa shape index (κ1) is 19.9. The third kappa shape index (κ3) is 9.45. The number of nitrogens with one attached hydrogen (secondary N) is 1. The number of nitrogens with two attached hydrogens (primary N) is 1. The van der Waals surface area contributed by atoms with Crippen LogP contribution < -0.4 is 11.1 Å². The zero-order valence-electron chi connectivity index (χ0n) is 12.7. The highest BCUT2D eigenvalue weighted by Gasteiger charge is 2.12. The molecule has 4 nitrogen and oxygen atoms in total. The summed E-state index contributed by atoms with van der Waals surface area (Å²) >= 11 is 0. The number of unbranched alkanes of at least 4 members (excludes halogenated alkanes) is 1. The van der Waals surface area contributed by atoms with Crippen molar-refractivity contribution in [3.63, 3.8) is 0 Å². The molecule has 21 heavy (non-hydrogen) atoms. The van der Waals surface area contributed by atoms with E-state index < -0.39 is 6.04 Å². The number of hydrogen-bond donors (Lipinski definition) is 2. The number of rotatable bonds is 10. The fourth-order valence-electron chi connectivity index (χ4n) is 1.83. The van der Waals surface area contributed by atoms with Gasteiger partial charge >= 0.3 is 0 Å². The number of carbonyl (C=O) groups excluding carboxylic acids is 1. The molecule has 1 aromatic rings. The van der Waals surface area contributed by atoms with Gasteiger partial charge in [-0.05, 0) is 24.8 Å². The van der Waals surface area contributed by atoms with Crippen molar-refractivity contribution in [3.8, 4) is 0 Å². The highest BCUT2D eigenvalue weighted by Crippen LogP contribution is 2.01. The molecular weight excluding hydrogens is 288 g/mol. The van der Waals surface area contributed by atoms with Crippen molar-refractivity contribution in [2.45, 2.75) is 38.6 Å². The highest BCUT2D eigenvalue weighted by molar-refractivity contribution is 5.85. The second kappa shape index (κ2) is 12.6. The molecule has 0 radical (unpaired) electrons. The van der Waals surface area contributed by atoms with Crippen molar-refractivity contribution >= 4 is 18.3 Å². The summed E-state index contributed by atoms with van der Waals surface area (Å²) in [6.45, 7) is 4.25. The molecule has 0 fully saturated rings. The first-order valence-electron chi connectivity index (χ1n) is 7.39. The zero-order chi connectivity index (χ0) is 14.6. The summed E-state index contributed by atoms with van der Waals surface area (Å²) in [5, 5.41) is 2.85. The van der Waals surface area contributed by atoms with Crippen molar-refractivity contribution in [2.75, 3.05) is 19.8 Å². The summed E-state index contributed by atoms with van der Waals surface area (Å²) in [4.78, 5) is 11.8.